The molecule has 0 amide bonds. The highest BCUT2D eigenvalue weighted by molar-refractivity contribution is 5.99. The van der Waals surface area contributed by atoms with Crippen molar-refractivity contribution in [2.24, 2.45) is 15.8 Å². The number of hydrogen-bond donors (Lipinski definition) is 2. The molecule has 0 aliphatic carbocycles. The number of guanidine groups is 1. The molecule has 0 spiro atoms. The van der Waals surface area contributed by atoms with Crippen molar-refractivity contribution in [1.29, 1.82) is 0 Å². The highest BCUT2D eigenvalue weighted by atomic mass is 35.5. The van der Waals surface area contributed by atoms with Crippen LogP contribution in [0.4, 0.5) is 5.69 Å². The quantitative estimate of drug-likeness (QED) is 0.380. The summed E-state index contributed by atoms with van der Waals surface area (Å²) in [6.07, 6.45) is 0.806. The average Bonchev–Trinajstić information content (AvgIpc) is 2.57. The number of rotatable bonds is 4. The second kappa shape index (κ2) is 9.44. The molecule has 0 aliphatic heterocycles. The molecule has 2 aromatic rings. The molecule has 132 valence electrons. The van der Waals surface area contributed by atoms with E-state index in [-0.39, 0.29) is 18.4 Å². The van der Waals surface area contributed by atoms with Crippen LogP contribution in [0.2, 0.25) is 0 Å². The van der Waals surface area contributed by atoms with Crippen LogP contribution in [0.25, 0.3) is 0 Å². The number of amidine groups is 1. The molecule has 25 heavy (non-hydrogen) atoms. The minimum atomic E-state index is 0. The monoisotopic (exact) mass is 359 g/mol. The van der Waals surface area contributed by atoms with Crippen LogP contribution in [-0.2, 0) is 0 Å². The molecule has 6 nitrogen and oxygen atoms in total. The second-order valence-electron chi connectivity index (χ2n) is 5.51. The summed E-state index contributed by atoms with van der Waals surface area (Å²) < 4.78 is 0. The fraction of sp³-hybridized carbons (Fsp3) is 0.167. The van der Waals surface area contributed by atoms with Gasteiger partial charge in [-0.05, 0) is 19.1 Å². The first-order valence-corrected chi connectivity index (χ1v) is 7.47. The first kappa shape index (κ1) is 20.2. The number of aryl methyl sites for hydroxylation is 1. The van der Waals surface area contributed by atoms with Crippen LogP contribution in [0.5, 0.6) is 0 Å². The molecule has 0 unspecified atom stereocenters. The summed E-state index contributed by atoms with van der Waals surface area (Å²) in [7, 11) is 3.75. The van der Waals surface area contributed by atoms with Crippen molar-refractivity contribution in [3.05, 3.63) is 65.2 Å². The second-order valence-corrected chi connectivity index (χ2v) is 5.51. The Kier molecular flexibility index (Phi) is 7.62. The number of aldehydes is 1. The Morgan fingerprint density at radius 3 is 2.20 bits per heavy atom. The number of aliphatic imine (C=N–C) groups is 1. The number of hydrazone groups is 1. The Labute approximate surface area is 153 Å². The van der Waals surface area contributed by atoms with Gasteiger partial charge in [0.2, 0.25) is 5.96 Å². The number of benzene rings is 2. The highest BCUT2D eigenvalue weighted by Crippen LogP contribution is 2.12. The molecule has 7 heteroatoms. The van der Waals surface area contributed by atoms with Crippen molar-refractivity contribution in [1.82, 2.24) is 10.3 Å². The number of nitrogens with two attached hydrogens (primary N) is 1. The van der Waals surface area contributed by atoms with E-state index in [0.29, 0.717) is 11.4 Å². The number of hydrogen-bond acceptors (Lipinski definition) is 3. The molecule has 0 saturated carbocycles. The number of nitrogens with zero attached hydrogens (tertiary/aromatic N) is 3. The third-order valence-corrected chi connectivity index (χ3v) is 3.29. The Morgan fingerprint density at radius 2 is 1.68 bits per heavy atom. The number of nitrogens with one attached hydrogen (secondary N) is 1. The third-order valence-electron chi connectivity index (χ3n) is 3.29. The lowest BCUT2D eigenvalue weighted by atomic mass is 10.1. The Bertz CT molecular complexity index is 752. The fourth-order valence-corrected chi connectivity index (χ4v) is 2.03. The van der Waals surface area contributed by atoms with Gasteiger partial charge in [0, 0.05) is 25.2 Å². The van der Waals surface area contributed by atoms with Gasteiger partial charge >= 0.3 is 0 Å². The van der Waals surface area contributed by atoms with Crippen LogP contribution in [0.1, 0.15) is 21.5 Å². The molecule has 0 bridgehead atoms. The topological polar surface area (TPSA) is 83.1 Å². The van der Waals surface area contributed by atoms with E-state index < -0.39 is 0 Å². The van der Waals surface area contributed by atoms with E-state index in [2.05, 4.69) is 15.5 Å². The maximum Gasteiger partial charge on any atom is 0.214 e. The molecule has 3 N–H and O–H groups in total. The van der Waals surface area contributed by atoms with Gasteiger partial charge in [-0.25, -0.2) is 10.4 Å². The summed E-state index contributed by atoms with van der Waals surface area (Å²) in [5, 5.41) is 4.31. The van der Waals surface area contributed by atoms with Crippen LogP contribution in [0, 0.1) is 6.92 Å². The molecule has 0 heterocycles. The van der Waals surface area contributed by atoms with Crippen LogP contribution < -0.4 is 11.2 Å². The zero-order chi connectivity index (χ0) is 17.5. The van der Waals surface area contributed by atoms with Gasteiger partial charge in [-0.1, -0.05) is 42.0 Å². The van der Waals surface area contributed by atoms with Crippen molar-refractivity contribution in [2.45, 2.75) is 6.92 Å². The summed E-state index contributed by atoms with van der Waals surface area (Å²) in [6.45, 7) is 2.01. The van der Waals surface area contributed by atoms with Gasteiger partial charge in [-0.2, -0.15) is 5.10 Å². The maximum absolute atomic E-state index is 10.7. The van der Waals surface area contributed by atoms with Gasteiger partial charge in [-0.15, -0.1) is 12.4 Å². The maximum atomic E-state index is 10.7. The van der Waals surface area contributed by atoms with Crippen LogP contribution in [0.15, 0.2) is 58.6 Å². The summed E-state index contributed by atoms with van der Waals surface area (Å²) >= 11 is 0. The molecule has 2 rings (SSSR count). The van der Waals surface area contributed by atoms with E-state index in [1.165, 1.54) is 0 Å². The molecule has 0 aromatic heterocycles. The summed E-state index contributed by atoms with van der Waals surface area (Å²) in [5.41, 5.74) is 12.0. The van der Waals surface area contributed by atoms with Crippen molar-refractivity contribution >= 4 is 36.2 Å². The largest absolute Gasteiger partial charge is 0.368 e. The third kappa shape index (κ3) is 5.93. The summed E-state index contributed by atoms with van der Waals surface area (Å²) in [6, 6.07) is 14.9. The van der Waals surface area contributed by atoms with E-state index in [9.17, 15) is 4.79 Å². The van der Waals surface area contributed by atoms with Crippen LogP contribution in [0.3, 0.4) is 0 Å². The van der Waals surface area contributed by atoms with Crippen molar-refractivity contribution < 1.29 is 4.79 Å². The minimum Gasteiger partial charge on any atom is -0.368 e. The molecule has 2 aromatic carbocycles. The number of carbonyl (C=O) groups is 1. The minimum absolute atomic E-state index is 0. The highest BCUT2D eigenvalue weighted by Gasteiger charge is 2.06. The van der Waals surface area contributed by atoms with E-state index >= 15 is 0 Å². The number of carbonyl (C=O) groups excluding carboxylic acids is 1. The molecule has 0 fully saturated rings. The van der Waals surface area contributed by atoms with Gasteiger partial charge in [0.15, 0.2) is 5.84 Å². The average molecular weight is 360 g/mol. The van der Waals surface area contributed by atoms with Crippen molar-refractivity contribution in [3.8, 4) is 0 Å². The standard InChI is InChI=1S/C18H21N5O.ClH/c1-13-4-10-16(11-5-13)20-18(19)22-21-17(23(2)3)15-8-6-14(12-24)7-9-15;/h4-12H,1-3H3,(H3,19,20,22);1H. The van der Waals surface area contributed by atoms with Gasteiger partial charge in [-0.3, -0.25) is 4.79 Å². The smallest absolute Gasteiger partial charge is 0.214 e. The van der Waals surface area contributed by atoms with Gasteiger partial charge < -0.3 is 10.6 Å². The Morgan fingerprint density at radius 1 is 1.08 bits per heavy atom. The van der Waals surface area contributed by atoms with Gasteiger partial charge in [0.1, 0.15) is 6.29 Å². The lowest BCUT2D eigenvalue weighted by Gasteiger charge is -2.16. The van der Waals surface area contributed by atoms with Gasteiger partial charge in [0.25, 0.3) is 0 Å². The summed E-state index contributed by atoms with van der Waals surface area (Å²) in [5.74, 6) is 0.872. The Hall–Kier alpha value is -2.86. The first-order chi connectivity index (χ1) is 11.5. The molecule has 0 radical (unpaired) electrons. The molecular formula is C18H22ClN5O. The SMILES string of the molecule is Cc1ccc(N=C(N)NN=C(c2ccc(C=O)cc2)N(C)C)cc1.Cl. The zero-order valence-corrected chi connectivity index (χ0v) is 15.2. The van der Waals surface area contributed by atoms with Gasteiger partial charge in [0.05, 0.1) is 5.69 Å². The zero-order valence-electron chi connectivity index (χ0n) is 14.4. The normalized spacial score (nSPS) is 11.5. The van der Waals surface area contributed by atoms with Crippen molar-refractivity contribution in [2.75, 3.05) is 14.1 Å². The Balaban J connectivity index is 0.00000312. The predicted octanol–water partition coefficient (Wildman–Crippen LogP) is 2.69. The molecule has 0 aliphatic rings. The fourth-order valence-electron chi connectivity index (χ4n) is 2.03. The predicted molar refractivity (Wildman–Crippen MR) is 105 cm³/mol. The van der Waals surface area contributed by atoms with E-state index in [1.807, 2.05) is 62.3 Å². The van der Waals surface area contributed by atoms with E-state index in [1.54, 1.807) is 12.1 Å². The van der Waals surface area contributed by atoms with E-state index in [0.717, 1.165) is 23.1 Å². The number of halogens is 1. The van der Waals surface area contributed by atoms with Crippen molar-refractivity contribution in [3.63, 3.8) is 0 Å². The van der Waals surface area contributed by atoms with Crippen LogP contribution in [-0.4, -0.2) is 37.1 Å². The molecule has 0 atom stereocenters. The first-order valence-electron chi connectivity index (χ1n) is 7.47. The summed E-state index contributed by atoms with van der Waals surface area (Å²) in [4.78, 5) is 16.9. The van der Waals surface area contributed by atoms with Crippen LogP contribution >= 0.6 is 12.4 Å². The lowest BCUT2D eigenvalue weighted by molar-refractivity contribution is 0.112. The lowest BCUT2D eigenvalue weighted by Crippen LogP contribution is -2.32. The molecular weight excluding hydrogens is 338 g/mol. The molecule has 0 saturated heterocycles. The van der Waals surface area contributed by atoms with E-state index in [4.69, 9.17) is 5.73 Å².